The summed E-state index contributed by atoms with van der Waals surface area (Å²) in [6, 6.07) is 17.1. The first-order chi connectivity index (χ1) is 14.2. The standard InChI is InChI=1S/C22H19N3O4/c1-14-24-17-4-2-3-5-18(17)25(14)12-16-7-9-20(29-16)22(26)23-11-15-6-8-19-21(10-15)28-13-27-19/h2-10H,11-13H2,1H3,(H,23,26). The Morgan fingerprint density at radius 1 is 1.10 bits per heavy atom. The van der Waals surface area contributed by atoms with Crippen LogP contribution < -0.4 is 14.8 Å². The first kappa shape index (κ1) is 17.4. The van der Waals surface area contributed by atoms with E-state index in [9.17, 15) is 4.79 Å². The fourth-order valence-electron chi connectivity index (χ4n) is 3.46. The Bertz CT molecular complexity index is 1210. The fraction of sp³-hybridized carbons (Fsp3) is 0.182. The number of furan rings is 1. The van der Waals surface area contributed by atoms with Gasteiger partial charge in [-0.1, -0.05) is 18.2 Å². The van der Waals surface area contributed by atoms with Gasteiger partial charge in [0.1, 0.15) is 11.6 Å². The van der Waals surface area contributed by atoms with Crippen molar-refractivity contribution in [2.24, 2.45) is 0 Å². The largest absolute Gasteiger partial charge is 0.454 e. The predicted molar refractivity (Wildman–Crippen MR) is 106 cm³/mol. The molecule has 1 aliphatic rings. The zero-order chi connectivity index (χ0) is 19.8. The molecule has 29 heavy (non-hydrogen) atoms. The summed E-state index contributed by atoms with van der Waals surface area (Å²) >= 11 is 0. The molecule has 1 N–H and O–H groups in total. The highest BCUT2D eigenvalue weighted by molar-refractivity contribution is 5.91. The SMILES string of the molecule is Cc1nc2ccccc2n1Cc1ccc(C(=O)NCc2ccc3c(c2)OCO3)o1. The summed E-state index contributed by atoms with van der Waals surface area (Å²) in [5.74, 6) is 3.03. The van der Waals surface area contributed by atoms with E-state index in [1.807, 2.05) is 55.5 Å². The van der Waals surface area contributed by atoms with Gasteiger partial charge in [0.25, 0.3) is 5.91 Å². The topological polar surface area (TPSA) is 78.5 Å². The van der Waals surface area contributed by atoms with E-state index in [0.29, 0.717) is 24.6 Å². The number of fused-ring (bicyclic) bond motifs is 2. The highest BCUT2D eigenvalue weighted by Crippen LogP contribution is 2.32. The van der Waals surface area contributed by atoms with Gasteiger partial charge < -0.3 is 23.8 Å². The molecule has 0 aliphatic carbocycles. The van der Waals surface area contributed by atoms with Crippen molar-refractivity contribution in [3.05, 3.63) is 77.5 Å². The Balaban J connectivity index is 1.27. The van der Waals surface area contributed by atoms with Crippen molar-refractivity contribution in [2.75, 3.05) is 6.79 Å². The number of hydrogen-bond acceptors (Lipinski definition) is 5. The van der Waals surface area contributed by atoms with Crippen LogP contribution in [-0.4, -0.2) is 22.3 Å². The van der Waals surface area contributed by atoms with Crippen molar-refractivity contribution >= 4 is 16.9 Å². The second-order valence-corrected chi connectivity index (χ2v) is 6.87. The Hall–Kier alpha value is -3.74. The molecule has 0 bridgehead atoms. The summed E-state index contributed by atoms with van der Waals surface area (Å²) < 4.78 is 18.5. The zero-order valence-corrected chi connectivity index (χ0v) is 15.8. The molecule has 0 saturated heterocycles. The zero-order valence-electron chi connectivity index (χ0n) is 15.8. The minimum atomic E-state index is -0.263. The molecule has 1 aliphatic heterocycles. The molecule has 0 atom stereocenters. The van der Waals surface area contributed by atoms with E-state index in [2.05, 4.69) is 14.9 Å². The van der Waals surface area contributed by atoms with E-state index in [0.717, 1.165) is 28.2 Å². The van der Waals surface area contributed by atoms with Crippen LogP contribution >= 0.6 is 0 Å². The number of amides is 1. The van der Waals surface area contributed by atoms with Crippen molar-refractivity contribution < 1.29 is 18.7 Å². The quantitative estimate of drug-likeness (QED) is 0.564. The highest BCUT2D eigenvalue weighted by atomic mass is 16.7. The van der Waals surface area contributed by atoms with E-state index < -0.39 is 0 Å². The molecule has 0 spiro atoms. The van der Waals surface area contributed by atoms with Gasteiger partial charge in [-0.25, -0.2) is 4.98 Å². The van der Waals surface area contributed by atoms with Crippen LogP contribution in [-0.2, 0) is 13.1 Å². The Morgan fingerprint density at radius 2 is 1.97 bits per heavy atom. The van der Waals surface area contributed by atoms with E-state index in [-0.39, 0.29) is 18.5 Å². The summed E-state index contributed by atoms with van der Waals surface area (Å²) in [5.41, 5.74) is 2.91. The second-order valence-electron chi connectivity index (χ2n) is 6.87. The molecule has 0 fully saturated rings. The molecule has 0 radical (unpaired) electrons. The van der Waals surface area contributed by atoms with Gasteiger partial charge in [-0.3, -0.25) is 4.79 Å². The van der Waals surface area contributed by atoms with Gasteiger partial charge in [-0.2, -0.15) is 0 Å². The first-order valence-electron chi connectivity index (χ1n) is 9.35. The van der Waals surface area contributed by atoms with Crippen LogP contribution in [0.3, 0.4) is 0 Å². The Labute approximate surface area is 166 Å². The third kappa shape index (κ3) is 3.31. The molecular weight excluding hydrogens is 370 g/mol. The van der Waals surface area contributed by atoms with Crippen molar-refractivity contribution in [1.29, 1.82) is 0 Å². The Morgan fingerprint density at radius 3 is 2.90 bits per heavy atom. The normalized spacial score (nSPS) is 12.4. The number of nitrogens with one attached hydrogen (secondary N) is 1. The van der Waals surface area contributed by atoms with Crippen molar-refractivity contribution in [2.45, 2.75) is 20.0 Å². The molecule has 146 valence electrons. The minimum absolute atomic E-state index is 0.228. The van der Waals surface area contributed by atoms with Crippen molar-refractivity contribution in [3.63, 3.8) is 0 Å². The lowest BCUT2D eigenvalue weighted by Gasteiger charge is -2.06. The lowest BCUT2D eigenvalue weighted by Crippen LogP contribution is -2.22. The third-order valence-corrected chi connectivity index (χ3v) is 4.93. The maximum Gasteiger partial charge on any atom is 0.287 e. The molecule has 0 saturated carbocycles. The van der Waals surface area contributed by atoms with Crippen LogP contribution in [0, 0.1) is 6.92 Å². The smallest absolute Gasteiger partial charge is 0.287 e. The second kappa shape index (κ2) is 7.01. The van der Waals surface area contributed by atoms with Gasteiger partial charge in [0.05, 0.1) is 17.6 Å². The molecule has 7 heteroatoms. The van der Waals surface area contributed by atoms with Gasteiger partial charge in [0.2, 0.25) is 6.79 Å². The van der Waals surface area contributed by atoms with Crippen LogP contribution in [0.5, 0.6) is 11.5 Å². The number of aryl methyl sites for hydroxylation is 1. The van der Waals surface area contributed by atoms with E-state index >= 15 is 0 Å². The monoisotopic (exact) mass is 389 g/mol. The number of para-hydroxylation sites is 2. The summed E-state index contributed by atoms with van der Waals surface area (Å²) in [6.45, 7) is 3.08. The average Bonchev–Trinajstić information content (AvgIpc) is 3.45. The average molecular weight is 389 g/mol. The van der Waals surface area contributed by atoms with Crippen molar-refractivity contribution in [1.82, 2.24) is 14.9 Å². The fourth-order valence-corrected chi connectivity index (χ4v) is 3.46. The van der Waals surface area contributed by atoms with Crippen LogP contribution in [0.25, 0.3) is 11.0 Å². The summed E-state index contributed by atoms with van der Waals surface area (Å²) in [7, 11) is 0. The number of imidazole rings is 1. The number of ether oxygens (including phenoxy) is 2. The van der Waals surface area contributed by atoms with Gasteiger partial charge in [-0.05, 0) is 48.9 Å². The maximum absolute atomic E-state index is 12.5. The van der Waals surface area contributed by atoms with Crippen LogP contribution in [0.1, 0.15) is 27.7 Å². The van der Waals surface area contributed by atoms with E-state index in [4.69, 9.17) is 13.9 Å². The predicted octanol–water partition coefficient (Wildman–Crippen LogP) is 3.64. The lowest BCUT2D eigenvalue weighted by atomic mass is 10.2. The van der Waals surface area contributed by atoms with Crippen molar-refractivity contribution in [3.8, 4) is 11.5 Å². The summed E-state index contributed by atoms with van der Waals surface area (Å²) in [5, 5.41) is 2.87. The summed E-state index contributed by atoms with van der Waals surface area (Å²) in [6.07, 6.45) is 0. The molecular formula is C22H19N3O4. The number of aromatic nitrogens is 2. The van der Waals surface area contributed by atoms with E-state index in [1.165, 1.54) is 0 Å². The molecule has 2 aromatic heterocycles. The number of benzene rings is 2. The van der Waals surface area contributed by atoms with Gasteiger partial charge in [0.15, 0.2) is 17.3 Å². The Kier molecular flexibility index (Phi) is 4.20. The number of nitrogens with zero attached hydrogens (tertiary/aromatic N) is 2. The lowest BCUT2D eigenvalue weighted by molar-refractivity contribution is 0.0921. The molecule has 3 heterocycles. The molecule has 5 rings (SSSR count). The molecule has 1 amide bonds. The van der Waals surface area contributed by atoms with Gasteiger partial charge >= 0.3 is 0 Å². The summed E-state index contributed by atoms with van der Waals surface area (Å²) in [4.78, 5) is 17.0. The van der Waals surface area contributed by atoms with E-state index in [1.54, 1.807) is 6.07 Å². The van der Waals surface area contributed by atoms with Crippen LogP contribution in [0.4, 0.5) is 0 Å². The number of carbonyl (C=O) groups is 1. The molecule has 4 aromatic rings. The van der Waals surface area contributed by atoms with Crippen LogP contribution in [0.2, 0.25) is 0 Å². The first-order valence-corrected chi connectivity index (χ1v) is 9.35. The maximum atomic E-state index is 12.5. The number of rotatable bonds is 5. The van der Waals surface area contributed by atoms with Crippen LogP contribution in [0.15, 0.2) is 59.0 Å². The molecule has 0 unspecified atom stereocenters. The molecule has 7 nitrogen and oxygen atoms in total. The number of hydrogen-bond donors (Lipinski definition) is 1. The van der Waals surface area contributed by atoms with Gasteiger partial charge in [0, 0.05) is 6.54 Å². The molecule has 2 aromatic carbocycles. The number of carbonyl (C=O) groups excluding carboxylic acids is 1. The highest BCUT2D eigenvalue weighted by Gasteiger charge is 2.16. The third-order valence-electron chi connectivity index (χ3n) is 4.93. The van der Waals surface area contributed by atoms with Gasteiger partial charge in [-0.15, -0.1) is 0 Å². The minimum Gasteiger partial charge on any atom is -0.454 e.